The van der Waals surface area contributed by atoms with Gasteiger partial charge in [0.25, 0.3) is 0 Å². The maximum absolute atomic E-state index is 3.23. The molecule has 1 aromatic rings. The van der Waals surface area contributed by atoms with Crippen LogP contribution in [0.25, 0.3) is 0 Å². The van der Waals surface area contributed by atoms with Gasteiger partial charge in [-0.3, -0.25) is 0 Å². The zero-order valence-electron chi connectivity index (χ0n) is 8.80. The van der Waals surface area contributed by atoms with Crippen LogP contribution in [0, 0.1) is 0 Å². The van der Waals surface area contributed by atoms with Crippen molar-refractivity contribution < 1.29 is 0 Å². The Hall–Kier alpha value is -0.820. The molecule has 13 heavy (non-hydrogen) atoms. The van der Waals surface area contributed by atoms with Crippen LogP contribution in [0.15, 0.2) is 24.3 Å². The van der Waals surface area contributed by atoms with E-state index < -0.39 is 0 Å². The predicted octanol–water partition coefficient (Wildman–Crippen LogP) is 2.92. The normalized spacial score (nSPS) is 12.8. The summed E-state index contributed by atoms with van der Waals surface area (Å²) < 4.78 is 0. The molecule has 0 aromatic heterocycles. The molecule has 72 valence electrons. The van der Waals surface area contributed by atoms with Gasteiger partial charge in [0.2, 0.25) is 0 Å². The average molecular weight is 177 g/mol. The second-order valence-electron chi connectivity index (χ2n) is 3.50. The van der Waals surface area contributed by atoms with Crippen LogP contribution in [-0.2, 0) is 6.42 Å². The molecule has 0 spiro atoms. The van der Waals surface area contributed by atoms with Crippen molar-refractivity contribution in [2.24, 2.45) is 0 Å². The topological polar surface area (TPSA) is 12.0 Å². The molecule has 0 heterocycles. The number of hydrogen-bond acceptors (Lipinski definition) is 1. The maximum atomic E-state index is 3.23. The molecule has 0 unspecified atom stereocenters. The minimum Gasteiger partial charge on any atom is -0.313 e. The number of aryl methyl sites for hydroxylation is 1. The van der Waals surface area contributed by atoms with E-state index in [1.807, 2.05) is 7.05 Å². The summed E-state index contributed by atoms with van der Waals surface area (Å²) in [6, 6.07) is 9.34. The first-order valence-electron chi connectivity index (χ1n) is 5.04. The summed E-state index contributed by atoms with van der Waals surface area (Å²) >= 11 is 0. The molecular formula is C12H19N. The minimum atomic E-state index is 0.454. The SMILES string of the molecule is CCCc1ccc([C@@H](C)NC)cc1. The Bertz CT molecular complexity index is 238. The van der Waals surface area contributed by atoms with Gasteiger partial charge in [0, 0.05) is 6.04 Å². The monoisotopic (exact) mass is 177 g/mol. The molecule has 0 fully saturated rings. The van der Waals surface area contributed by atoms with Crippen LogP contribution in [0.2, 0.25) is 0 Å². The highest BCUT2D eigenvalue weighted by Crippen LogP contribution is 2.13. The van der Waals surface area contributed by atoms with E-state index in [2.05, 4.69) is 43.4 Å². The third kappa shape index (κ3) is 2.85. The summed E-state index contributed by atoms with van der Waals surface area (Å²) in [4.78, 5) is 0. The lowest BCUT2D eigenvalue weighted by Gasteiger charge is -2.10. The maximum Gasteiger partial charge on any atom is 0.0289 e. The fraction of sp³-hybridized carbons (Fsp3) is 0.500. The number of nitrogens with one attached hydrogen (secondary N) is 1. The number of benzene rings is 1. The highest BCUT2D eigenvalue weighted by molar-refractivity contribution is 5.24. The molecule has 1 aromatic carbocycles. The Balaban J connectivity index is 2.69. The third-order valence-electron chi connectivity index (χ3n) is 2.45. The highest BCUT2D eigenvalue weighted by Gasteiger charge is 2.00. The van der Waals surface area contributed by atoms with Gasteiger partial charge >= 0.3 is 0 Å². The van der Waals surface area contributed by atoms with Crippen molar-refractivity contribution in [2.75, 3.05) is 7.05 Å². The van der Waals surface area contributed by atoms with Crippen molar-refractivity contribution in [3.63, 3.8) is 0 Å². The molecule has 1 nitrogen and oxygen atoms in total. The van der Waals surface area contributed by atoms with E-state index >= 15 is 0 Å². The number of rotatable bonds is 4. The smallest absolute Gasteiger partial charge is 0.0289 e. The largest absolute Gasteiger partial charge is 0.313 e. The van der Waals surface area contributed by atoms with E-state index in [1.165, 1.54) is 24.0 Å². The zero-order chi connectivity index (χ0) is 9.68. The van der Waals surface area contributed by atoms with Crippen LogP contribution in [0.1, 0.15) is 37.4 Å². The molecule has 0 bridgehead atoms. The Kier molecular flexibility index (Phi) is 3.97. The van der Waals surface area contributed by atoms with Crippen LogP contribution in [0.4, 0.5) is 0 Å². The Morgan fingerprint density at radius 2 is 1.85 bits per heavy atom. The summed E-state index contributed by atoms with van der Waals surface area (Å²) in [6.45, 7) is 4.39. The van der Waals surface area contributed by atoms with E-state index in [4.69, 9.17) is 0 Å². The molecule has 0 saturated heterocycles. The van der Waals surface area contributed by atoms with E-state index in [1.54, 1.807) is 0 Å². The lowest BCUT2D eigenvalue weighted by Crippen LogP contribution is -2.11. The summed E-state index contributed by atoms with van der Waals surface area (Å²) in [7, 11) is 1.99. The van der Waals surface area contributed by atoms with Crippen molar-refractivity contribution in [1.82, 2.24) is 5.32 Å². The van der Waals surface area contributed by atoms with Crippen molar-refractivity contribution in [1.29, 1.82) is 0 Å². The predicted molar refractivity (Wildman–Crippen MR) is 57.9 cm³/mol. The van der Waals surface area contributed by atoms with Crippen molar-refractivity contribution in [2.45, 2.75) is 32.7 Å². The van der Waals surface area contributed by atoms with Gasteiger partial charge in [-0.25, -0.2) is 0 Å². The Morgan fingerprint density at radius 1 is 1.23 bits per heavy atom. The Morgan fingerprint density at radius 3 is 2.31 bits per heavy atom. The van der Waals surface area contributed by atoms with Crippen LogP contribution in [0.3, 0.4) is 0 Å². The first kappa shape index (κ1) is 10.3. The van der Waals surface area contributed by atoms with E-state index in [-0.39, 0.29) is 0 Å². The van der Waals surface area contributed by atoms with Crippen LogP contribution in [0.5, 0.6) is 0 Å². The van der Waals surface area contributed by atoms with E-state index in [9.17, 15) is 0 Å². The Labute approximate surface area is 81.2 Å². The quantitative estimate of drug-likeness (QED) is 0.745. The summed E-state index contributed by atoms with van der Waals surface area (Å²) in [5, 5.41) is 3.23. The molecule has 0 aliphatic heterocycles. The summed E-state index contributed by atoms with van der Waals surface area (Å²) in [6.07, 6.45) is 2.41. The van der Waals surface area contributed by atoms with Gasteiger partial charge in [0.1, 0.15) is 0 Å². The fourth-order valence-corrected chi connectivity index (χ4v) is 1.43. The lowest BCUT2D eigenvalue weighted by atomic mass is 10.0. The third-order valence-corrected chi connectivity index (χ3v) is 2.45. The van der Waals surface area contributed by atoms with Crippen LogP contribution < -0.4 is 5.32 Å². The van der Waals surface area contributed by atoms with Crippen molar-refractivity contribution in [3.05, 3.63) is 35.4 Å². The second-order valence-corrected chi connectivity index (χ2v) is 3.50. The fourth-order valence-electron chi connectivity index (χ4n) is 1.43. The first-order valence-corrected chi connectivity index (χ1v) is 5.04. The molecule has 0 amide bonds. The second kappa shape index (κ2) is 5.03. The van der Waals surface area contributed by atoms with Crippen molar-refractivity contribution in [3.8, 4) is 0 Å². The lowest BCUT2D eigenvalue weighted by molar-refractivity contribution is 0.652. The van der Waals surface area contributed by atoms with Crippen LogP contribution in [-0.4, -0.2) is 7.05 Å². The van der Waals surface area contributed by atoms with Gasteiger partial charge in [0.05, 0.1) is 0 Å². The molecule has 0 radical (unpaired) electrons. The molecule has 0 aliphatic rings. The summed E-state index contributed by atoms with van der Waals surface area (Å²) in [5.74, 6) is 0. The van der Waals surface area contributed by atoms with Gasteiger partial charge in [-0.1, -0.05) is 37.6 Å². The molecular weight excluding hydrogens is 158 g/mol. The number of hydrogen-bond donors (Lipinski definition) is 1. The molecule has 1 N–H and O–H groups in total. The first-order chi connectivity index (χ1) is 6.27. The highest BCUT2D eigenvalue weighted by atomic mass is 14.8. The molecule has 0 saturated carbocycles. The zero-order valence-corrected chi connectivity index (χ0v) is 8.80. The standard InChI is InChI=1S/C12H19N/c1-4-5-11-6-8-12(9-7-11)10(2)13-3/h6-10,13H,4-5H2,1-3H3/t10-/m1/s1. The van der Waals surface area contributed by atoms with Gasteiger partial charge in [-0.05, 0) is 31.5 Å². The van der Waals surface area contributed by atoms with Gasteiger partial charge < -0.3 is 5.32 Å². The van der Waals surface area contributed by atoms with Crippen LogP contribution >= 0.6 is 0 Å². The van der Waals surface area contributed by atoms with E-state index in [0.717, 1.165) is 0 Å². The van der Waals surface area contributed by atoms with Gasteiger partial charge in [-0.15, -0.1) is 0 Å². The van der Waals surface area contributed by atoms with Crippen molar-refractivity contribution >= 4 is 0 Å². The molecule has 1 rings (SSSR count). The molecule has 0 aliphatic carbocycles. The molecule has 1 atom stereocenters. The van der Waals surface area contributed by atoms with E-state index in [0.29, 0.717) is 6.04 Å². The molecule has 1 heteroatoms. The van der Waals surface area contributed by atoms with Gasteiger partial charge in [-0.2, -0.15) is 0 Å². The average Bonchev–Trinajstić information content (AvgIpc) is 2.18. The minimum absolute atomic E-state index is 0.454. The summed E-state index contributed by atoms with van der Waals surface area (Å²) in [5.41, 5.74) is 2.80. The van der Waals surface area contributed by atoms with Gasteiger partial charge in [0.15, 0.2) is 0 Å².